The maximum Gasteiger partial charge on any atom is 0.260 e. The number of nitrogens with one attached hydrogen (secondary N) is 2. The van der Waals surface area contributed by atoms with Crippen LogP contribution in [-0.4, -0.2) is 28.2 Å². The molecule has 0 saturated carbocycles. The lowest BCUT2D eigenvalue weighted by atomic mass is 9.97. The Morgan fingerprint density at radius 2 is 2.11 bits per heavy atom. The molecule has 0 saturated heterocycles. The van der Waals surface area contributed by atoms with Crippen molar-refractivity contribution in [2.24, 2.45) is 0 Å². The predicted molar refractivity (Wildman–Crippen MR) is 114 cm³/mol. The van der Waals surface area contributed by atoms with E-state index in [9.17, 15) is 9.59 Å². The van der Waals surface area contributed by atoms with Crippen LogP contribution in [0.15, 0.2) is 34.2 Å². The fraction of sp³-hybridized carbons (Fsp3) is 0.350. The van der Waals surface area contributed by atoms with Gasteiger partial charge in [-0.3, -0.25) is 9.59 Å². The summed E-state index contributed by atoms with van der Waals surface area (Å²) in [6.07, 6.45) is 4.26. The van der Waals surface area contributed by atoms with Crippen LogP contribution in [0.5, 0.6) is 5.75 Å². The first kappa shape index (κ1) is 19.0. The number of rotatable bonds is 5. The van der Waals surface area contributed by atoms with Crippen molar-refractivity contribution in [3.63, 3.8) is 0 Å². The van der Waals surface area contributed by atoms with Crippen LogP contribution in [0.4, 0.5) is 5.69 Å². The van der Waals surface area contributed by atoms with Gasteiger partial charge in [0.2, 0.25) is 5.91 Å². The van der Waals surface area contributed by atoms with Gasteiger partial charge in [0.1, 0.15) is 10.6 Å². The molecule has 0 spiro atoms. The van der Waals surface area contributed by atoms with Crippen molar-refractivity contribution in [2.45, 2.75) is 43.0 Å². The van der Waals surface area contributed by atoms with Gasteiger partial charge in [-0.2, -0.15) is 0 Å². The highest BCUT2D eigenvalue weighted by Crippen LogP contribution is 2.34. The monoisotopic (exact) mass is 415 g/mol. The number of amides is 1. The molecule has 28 heavy (non-hydrogen) atoms. The number of hydrogen-bond acceptors (Lipinski definition) is 6. The van der Waals surface area contributed by atoms with Crippen molar-refractivity contribution >= 4 is 44.9 Å². The minimum absolute atomic E-state index is 0.107. The minimum Gasteiger partial charge on any atom is -0.495 e. The number of ether oxygens (including phenoxy) is 1. The maximum atomic E-state index is 12.6. The zero-order chi connectivity index (χ0) is 19.7. The number of carbonyl (C=O) groups excluding carboxylic acids is 1. The van der Waals surface area contributed by atoms with Gasteiger partial charge in [-0.05, 0) is 50.3 Å². The van der Waals surface area contributed by atoms with Crippen LogP contribution < -0.4 is 15.6 Å². The molecule has 1 aliphatic carbocycles. The Labute approximate surface area is 170 Å². The van der Waals surface area contributed by atoms with Gasteiger partial charge in [0.25, 0.3) is 5.56 Å². The molecule has 8 heteroatoms. The predicted octanol–water partition coefficient (Wildman–Crippen LogP) is 3.99. The fourth-order valence-electron chi connectivity index (χ4n) is 3.40. The molecule has 1 aromatic carbocycles. The van der Waals surface area contributed by atoms with Crippen molar-refractivity contribution in [1.29, 1.82) is 0 Å². The lowest BCUT2D eigenvalue weighted by molar-refractivity contribution is -0.115. The second-order valence-electron chi connectivity index (χ2n) is 6.71. The third kappa shape index (κ3) is 3.66. The van der Waals surface area contributed by atoms with Crippen molar-refractivity contribution in [2.75, 3.05) is 12.4 Å². The summed E-state index contributed by atoms with van der Waals surface area (Å²) in [5.41, 5.74) is 1.67. The Bertz CT molecular complexity index is 1090. The summed E-state index contributed by atoms with van der Waals surface area (Å²) < 4.78 is 5.27. The van der Waals surface area contributed by atoms with E-state index in [4.69, 9.17) is 4.74 Å². The number of benzene rings is 1. The van der Waals surface area contributed by atoms with Crippen molar-refractivity contribution in [3.8, 4) is 5.75 Å². The third-order valence-corrected chi connectivity index (χ3v) is 7.00. The van der Waals surface area contributed by atoms with Gasteiger partial charge in [-0.15, -0.1) is 11.3 Å². The third-order valence-electron chi connectivity index (χ3n) is 4.83. The second-order valence-corrected chi connectivity index (χ2v) is 9.12. The number of aromatic amines is 1. The van der Waals surface area contributed by atoms with Gasteiger partial charge in [-0.25, -0.2) is 4.98 Å². The Morgan fingerprint density at radius 3 is 2.93 bits per heavy atom. The quantitative estimate of drug-likeness (QED) is 0.486. The number of thiophene rings is 1. The fourth-order valence-corrected chi connectivity index (χ4v) is 5.52. The first-order valence-corrected chi connectivity index (χ1v) is 10.9. The maximum absolute atomic E-state index is 12.6. The van der Waals surface area contributed by atoms with Gasteiger partial charge in [-0.1, -0.05) is 23.9 Å². The molecule has 1 aliphatic rings. The van der Waals surface area contributed by atoms with Crippen LogP contribution in [0.3, 0.4) is 0 Å². The van der Waals surface area contributed by atoms with Gasteiger partial charge < -0.3 is 15.0 Å². The molecule has 6 nitrogen and oxygen atoms in total. The van der Waals surface area contributed by atoms with E-state index in [2.05, 4.69) is 15.3 Å². The van der Waals surface area contributed by atoms with E-state index >= 15 is 0 Å². The highest BCUT2D eigenvalue weighted by Gasteiger charge is 2.22. The standard InChI is InChI=1S/C20H21N3O3S2/c1-11(17(24)21-13-8-4-5-9-14(13)26-2)27-20-22-18(25)16-12-7-3-6-10-15(12)28-19(16)23-20/h4-5,8-9,11H,3,6-7,10H2,1-2H3,(H,21,24)(H,22,23,25)/t11-/m0/s1. The topological polar surface area (TPSA) is 84.1 Å². The Balaban J connectivity index is 1.54. The number of methoxy groups -OCH3 is 1. The molecule has 0 aliphatic heterocycles. The second kappa shape index (κ2) is 7.97. The van der Waals surface area contributed by atoms with Crippen molar-refractivity contribution in [3.05, 3.63) is 45.1 Å². The molecule has 3 aromatic rings. The Morgan fingerprint density at radius 1 is 1.32 bits per heavy atom. The summed E-state index contributed by atoms with van der Waals surface area (Å²) in [6, 6.07) is 7.26. The summed E-state index contributed by atoms with van der Waals surface area (Å²) in [7, 11) is 1.56. The molecular formula is C20H21N3O3S2. The van der Waals surface area contributed by atoms with Gasteiger partial charge in [0, 0.05) is 4.88 Å². The van der Waals surface area contributed by atoms with Gasteiger partial charge in [0.15, 0.2) is 5.16 Å². The van der Waals surface area contributed by atoms with Crippen LogP contribution in [0.1, 0.15) is 30.2 Å². The number of fused-ring (bicyclic) bond motifs is 3. The Hall–Kier alpha value is -2.32. The van der Waals surface area contributed by atoms with E-state index < -0.39 is 5.25 Å². The normalized spacial score (nSPS) is 14.5. The zero-order valence-corrected chi connectivity index (χ0v) is 17.3. The van der Waals surface area contributed by atoms with E-state index in [1.165, 1.54) is 28.6 Å². The molecule has 1 atom stereocenters. The van der Waals surface area contributed by atoms with Crippen LogP contribution in [0.2, 0.25) is 0 Å². The van der Waals surface area contributed by atoms with E-state index in [0.29, 0.717) is 16.6 Å². The molecule has 2 N–H and O–H groups in total. The number of aromatic nitrogens is 2. The van der Waals surface area contributed by atoms with Gasteiger partial charge in [0.05, 0.1) is 23.4 Å². The highest BCUT2D eigenvalue weighted by atomic mass is 32.2. The summed E-state index contributed by atoms with van der Waals surface area (Å²) in [5, 5.41) is 3.64. The average Bonchev–Trinajstić information content (AvgIpc) is 3.07. The average molecular weight is 416 g/mol. The molecule has 0 bridgehead atoms. The zero-order valence-electron chi connectivity index (χ0n) is 15.7. The first-order valence-electron chi connectivity index (χ1n) is 9.22. The lowest BCUT2D eigenvalue weighted by Gasteiger charge is -2.13. The molecule has 0 radical (unpaired) electrons. The number of hydrogen-bond donors (Lipinski definition) is 2. The molecular weight excluding hydrogens is 394 g/mol. The van der Waals surface area contributed by atoms with E-state index in [-0.39, 0.29) is 11.5 Å². The molecule has 2 aromatic heterocycles. The number of thioether (sulfide) groups is 1. The van der Waals surface area contributed by atoms with Crippen molar-refractivity contribution < 1.29 is 9.53 Å². The smallest absolute Gasteiger partial charge is 0.260 e. The van der Waals surface area contributed by atoms with Crippen LogP contribution in [-0.2, 0) is 17.6 Å². The number of nitrogens with zero attached hydrogens (tertiary/aromatic N) is 1. The molecule has 4 rings (SSSR count). The summed E-state index contributed by atoms with van der Waals surface area (Å²) >= 11 is 2.86. The number of carbonyl (C=O) groups is 1. The largest absolute Gasteiger partial charge is 0.495 e. The molecule has 2 heterocycles. The number of H-pyrrole nitrogens is 1. The van der Waals surface area contributed by atoms with E-state index in [1.54, 1.807) is 37.5 Å². The number of anilines is 1. The lowest BCUT2D eigenvalue weighted by Crippen LogP contribution is -2.23. The van der Waals surface area contributed by atoms with Crippen LogP contribution >= 0.6 is 23.1 Å². The SMILES string of the molecule is COc1ccccc1NC(=O)[C@H](C)Sc1nc2sc3c(c2c(=O)[nH]1)CCCC3. The molecule has 0 fully saturated rings. The first-order chi connectivity index (χ1) is 13.6. The Kier molecular flexibility index (Phi) is 5.41. The highest BCUT2D eigenvalue weighted by molar-refractivity contribution is 8.00. The van der Waals surface area contributed by atoms with Crippen molar-refractivity contribution in [1.82, 2.24) is 9.97 Å². The van der Waals surface area contributed by atoms with E-state index in [1.807, 2.05) is 12.1 Å². The van der Waals surface area contributed by atoms with Crippen LogP contribution in [0, 0.1) is 0 Å². The number of para-hydroxylation sites is 2. The summed E-state index contributed by atoms with van der Waals surface area (Å²) in [6.45, 7) is 1.79. The molecule has 146 valence electrons. The molecule has 1 amide bonds. The molecule has 0 unspecified atom stereocenters. The summed E-state index contributed by atoms with van der Waals surface area (Å²) in [4.78, 5) is 34.8. The van der Waals surface area contributed by atoms with Gasteiger partial charge >= 0.3 is 0 Å². The van der Waals surface area contributed by atoms with E-state index in [0.717, 1.165) is 29.5 Å². The van der Waals surface area contributed by atoms with Crippen LogP contribution in [0.25, 0.3) is 10.2 Å². The number of aryl methyl sites for hydroxylation is 2. The minimum atomic E-state index is -0.430. The summed E-state index contributed by atoms with van der Waals surface area (Å²) in [5.74, 6) is 0.424.